The fraction of sp³-hybridized carbons (Fsp3) is 0.286. The lowest BCUT2D eigenvalue weighted by atomic mass is 10.2. The number of alkyl halides is 3. The second kappa shape index (κ2) is 8.59. The topological polar surface area (TPSA) is 62.7 Å². The first-order valence-corrected chi connectivity index (χ1v) is 10.4. The van der Waals surface area contributed by atoms with E-state index in [4.69, 9.17) is 0 Å². The van der Waals surface area contributed by atoms with E-state index in [0.717, 1.165) is 37.3 Å². The number of anilines is 3. The van der Waals surface area contributed by atoms with Crippen molar-refractivity contribution in [2.24, 2.45) is 0 Å². The van der Waals surface area contributed by atoms with Gasteiger partial charge in [-0.15, -0.1) is 0 Å². The summed E-state index contributed by atoms with van der Waals surface area (Å²) in [5.41, 5.74) is 0.963. The van der Waals surface area contributed by atoms with Crippen molar-refractivity contribution in [1.82, 2.24) is 15.0 Å². The van der Waals surface area contributed by atoms with Crippen molar-refractivity contribution in [3.63, 3.8) is 0 Å². The van der Waals surface area contributed by atoms with Crippen molar-refractivity contribution >= 4 is 33.4 Å². The Bertz CT molecular complexity index is 1020. The summed E-state index contributed by atoms with van der Waals surface area (Å²) in [6, 6.07) is 9.67. The Morgan fingerprint density at radius 3 is 2.53 bits per heavy atom. The molecule has 1 fully saturated rings. The van der Waals surface area contributed by atoms with Gasteiger partial charge in [0.05, 0.1) is 11.3 Å². The molecule has 156 valence electrons. The van der Waals surface area contributed by atoms with Gasteiger partial charge in [0.2, 0.25) is 5.95 Å². The van der Waals surface area contributed by atoms with Crippen LogP contribution >= 0.6 is 15.9 Å². The number of nitrogens with zero attached hydrogens (tertiary/aromatic N) is 3. The summed E-state index contributed by atoms with van der Waals surface area (Å²) < 4.78 is 39.7. The smallest absolute Gasteiger partial charge is 0.351 e. The highest BCUT2D eigenvalue weighted by Crippen LogP contribution is 2.37. The Labute approximate surface area is 180 Å². The zero-order chi connectivity index (χ0) is 21.1. The number of hydrogen-bond acceptors (Lipinski definition) is 5. The SMILES string of the molecule is FC(F)(F)c1cc(Nc2cc(-c3cccnc3)nc(NC3CCCC3)n2)ccc1Br. The second-order valence-corrected chi connectivity index (χ2v) is 8.00. The molecule has 0 amide bonds. The summed E-state index contributed by atoms with van der Waals surface area (Å²) in [6.45, 7) is 0. The summed E-state index contributed by atoms with van der Waals surface area (Å²) in [6.07, 6.45) is 3.30. The summed E-state index contributed by atoms with van der Waals surface area (Å²) in [5.74, 6) is 0.846. The van der Waals surface area contributed by atoms with Gasteiger partial charge < -0.3 is 10.6 Å². The monoisotopic (exact) mass is 477 g/mol. The van der Waals surface area contributed by atoms with E-state index >= 15 is 0 Å². The molecule has 0 radical (unpaired) electrons. The molecule has 0 atom stereocenters. The Balaban J connectivity index is 1.68. The number of pyridine rings is 1. The van der Waals surface area contributed by atoms with Gasteiger partial charge in [-0.1, -0.05) is 28.8 Å². The van der Waals surface area contributed by atoms with Crippen molar-refractivity contribution in [3.05, 3.63) is 58.8 Å². The third-order valence-electron chi connectivity index (χ3n) is 4.92. The fourth-order valence-corrected chi connectivity index (χ4v) is 3.93. The lowest BCUT2D eigenvalue weighted by Crippen LogP contribution is -2.17. The summed E-state index contributed by atoms with van der Waals surface area (Å²) in [4.78, 5) is 13.2. The van der Waals surface area contributed by atoms with Crippen LogP contribution in [0, 0.1) is 0 Å². The molecular weight excluding hydrogens is 459 g/mol. The van der Waals surface area contributed by atoms with Gasteiger partial charge in [-0.25, -0.2) is 4.98 Å². The van der Waals surface area contributed by atoms with E-state index in [9.17, 15) is 13.2 Å². The minimum Gasteiger partial charge on any atom is -0.351 e. The van der Waals surface area contributed by atoms with Gasteiger partial charge in [0.15, 0.2) is 0 Å². The van der Waals surface area contributed by atoms with E-state index in [1.54, 1.807) is 30.6 Å². The maximum absolute atomic E-state index is 13.2. The van der Waals surface area contributed by atoms with Crippen LogP contribution < -0.4 is 10.6 Å². The molecule has 4 rings (SSSR count). The molecule has 1 saturated carbocycles. The lowest BCUT2D eigenvalue weighted by Gasteiger charge is -2.16. The fourth-order valence-electron chi connectivity index (χ4n) is 3.46. The summed E-state index contributed by atoms with van der Waals surface area (Å²) >= 11 is 2.96. The average molecular weight is 478 g/mol. The Hall–Kier alpha value is -2.68. The van der Waals surface area contributed by atoms with E-state index in [0.29, 0.717) is 23.5 Å². The first-order chi connectivity index (χ1) is 14.4. The first kappa shape index (κ1) is 20.6. The molecule has 2 aromatic heterocycles. The Kier molecular flexibility index (Phi) is 5.90. The minimum atomic E-state index is -4.46. The van der Waals surface area contributed by atoms with Crippen LogP contribution in [0.15, 0.2) is 53.3 Å². The highest BCUT2D eigenvalue weighted by atomic mass is 79.9. The van der Waals surface area contributed by atoms with Crippen molar-refractivity contribution < 1.29 is 13.2 Å². The van der Waals surface area contributed by atoms with Crippen LogP contribution in [0.4, 0.5) is 30.6 Å². The summed E-state index contributed by atoms with van der Waals surface area (Å²) in [7, 11) is 0. The maximum atomic E-state index is 13.2. The number of nitrogens with one attached hydrogen (secondary N) is 2. The first-order valence-electron chi connectivity index (χ1n) is 9.58. The predicted molar refractivity (Wildman–Crippen MR) is 114 cm³/mol. The number of hydrogen-bond donors (Lipinski definition) is 2. The predicted octanol–water partition coefficient (Wildman–Crippen LogP) is 6.42. The van der Waals surface area contributed by atoms with Crippen molar-refractivity contribution in [3.8, 4) is 11.3 Å². The number of benzene rings is 1. The van der Waals surface area contributed by atoms with Crippen LogP contribution in [-0.4, -0.2) is 21.0 Å². The van der Waals surface area contributed by atoms with Crippen LogP contribution in [0.2, 0.25) is 0 Å². The standard InChI is InChI=1S/C21H19BrF3N5/c22-17-8-7-15(10-16(17)21(23,24)25)27-19-11-18(13-4-3-9-26-12-13)29-20(30-19)28-14-5-1-2-6-14/h3-4,7-12,14H,1-2,5-6H2,(H2,27,28,29,30). The van der Waals surface area contributed by atoms with E-state index in [1.165, 1.54) is 6.07 Å². The van der Waals surface area contributed by atoms with Crippen LogP contribution in [0.5, 0.6) is 0 Å². The second-order valence-electron chi connectivity index (χ2n) is 7.15. The minimum absolute atomic E-state index is 0.0112. The molecule has 0 bridgehead atoms. The molecule has 1 aromatic carbocycles. The third kappa shape index (κ3) is 4.89. The van der Waals surface area contributed by atoms with E-state index < -0.39 is 11.7 Å². The quantitative estimate of drug-likeness (QED) is 0.443. The number of halogens is 4. The van der Waals surface area contributed by atoms with Crippen LogP contribution in [0.25, 0.3) is 11.3 Å². The number of aromatic nitrogens is 3. The molecule has 1 aliphatic carbocycles. The Morgan fingerprint density at radius 1 is 1.03 bits per heavy atom. The maximum Gasteiger partial charge on any atom is 0.417 e. The molecule has 1 aliphatic rings. The van der Waals surface area contributed by atoms with E-state index in [-0.39, 0.29) is 10.2 Å². The molecule has 2 N–H and O–H groups in total. The van der Waals surface area contributed by atoms with Gasteiger partial charge in [0.1, 0.15) is 5.82 Å². The molecule has 30 heavy (non-hydrogen) atoms. The third-order valence-corrected chi connectivity index (χ3v) is 5.61. The van der Waals surface area contributed by atoms with Crippen molar-refractivity contribution in [1.29, 1.82) is 0 Å². The van der Waals surface area contributed by atoms with Crippen LogP contribution in [0.3, 0.4) is 0 Å². The molecule has 2 heterocycles. The van der Waals surface area contributed by atoms with Gasteiger partial charge in [-0.3, -0.25) is 4.98 Å². The van der Waals surface area contributed by atoms with Gasteiger partial charge in [-0.2, -0.15) is 18.2 Å². The highest BCUT2D eigenvalue weighted by Gasteiger charge is 2.33. The van der Waals surface area contributed by atoms with Gasteiger partial charge in [0.25, 0.3) is 0 Å². The van der Waals surface area contributed by atoms with Crippen molar-refractivity contribution in [2.45, 2.75) is 37.9 Å². The molecule has 0 aliphatic heterocycles. The molecule has 0 unspecified atom stereocenters. The molecule has 3 aromatic rings. The van der Waals surface area contributed by atoms with Crippen molar-refractivity contribution in [2.75, 3.05) is 10.6 Å². The highest BCUT2D eigenvalue weighted by molar-refractivity contribution is 9.10. The summed E-state index contributed by atoms with van der Waals surface area (Å²) in [5, 5.41) is 6.34. The zero-order valence-electron chi connectivity index (χ0n) is 15.9. The van der Waals surface area contributed by atoms with Gasteiger partial charge in [0, 0.05) is 40.2 Å². The van der Waals surface area contributed by atoms with Crippen LogP contribution in [0.1, 0.15) is 31.2 Å². The average Bonchev–Trinajstić information content (AvgIpc) is 3.22. The van der Waals surface area contributed by atoms with E-state index in [1.807, 2.05) is 6.07 Å². The van der Waals surface area contributed by atoms with Crippen LogP contribution in [-0.2, 0) is 6.18 Å². The molecule has 0 saturated heterocycles. The number of rotatable bonds is 5. The lowest BCUT2D eigenvalue weighted by molar-refractivity contribution is -0.138. The van der Waals surface area contributed by atoms with Gasteiger partial charge in [-0.05, 0) is 43.2 Å². The normalized spacial score (nSPS) is 14.7. The molecule has 5 nitrogen and oxygen atoms in total. The Morgan fingerprint density at radius 2 is 1.83 bits per heavy atom. The molecule has 0 spiro atoms. The molecule has 9 heteroatoms. The zero-order valence-corrected chi connectivity index (χ0v) is 17.5. The molecular formula is C21H19BrF3N5. The van der Waals surface area contributed by atoms with E-state index in [2.05, 4.69) is 41.5 Å². The largest absolute Gasteiger partial charge is 0.417 e. The van der Waals surface area contributed by atoms with Gasteiger partial charge >= 0.3 is 6.18 Å².